The van der Waals surface area contributed by atoms with Crippen LogP contribution in [-0.2, 0) is 11.2 Å². The fourth-order valence-corrected chi connectivity index (χ4v) is 2.07. The molecular formula is C15H23N3O3. The third-order valence-electron chi connectivity index (χ3n) is 2.90. The minimum Gasteiger partial charge on any atom is -0.480 e. The van der Waals surface area contributed by atoms with Crippen molar-refractivity contribution in [1.29, 1.82) is 0 Å². The van der Waals surface area contributed by atoms with E-state index in [0.29, 0.717) is 6.54 Å². The number of nitrogens with one attached hydrogen (secondary N) is 2. The fraction of sp³-hybridized carbons (Fsp3) is 0.467. The van der Waals surface area contributed by atoms with E-state index < -0.39 is 18.0 Å². The number of benzene rings is 1. The minimum absolute atomic E-state index is 0.0637. The van der Waals surface area contributed by atoms with Gasteiger partial charge in [0.25, 0.3) is 0 Å². The number of carbonyl (C=O) groups is 2. The lowest BCUT2D eigenvalue weighted by atomic mass is 10.1. The van der Waals surface area contributed by atoms with Crippen molar-refractivity contribution in [2.75, 3.05) is 20.6 Å². The van der Waals surface area contributed by atoms with Crippen LogP contribution in [0.3, 0.4) is 0 Å². The van der Waals surface area contributed by atoms with Gasteiger partial charge in [-0.25, -0.2) is 9.59 Å². The molecule has 3 N–H and O–H groups in total. The lowest BCUT2D eigenvalue weighted by Crippen LogP contribution is -2.51. The molecule has 0 heterocycles. The molecule has 1 aromatic carbocycles. The second-order valence-corrected chi connectivity index (χ2v) is 5.36. The number of hydrogen-bond acceptors (Lipinski definition) is 3. The van der Waals surface area contributed by atoms with Gasteiger partial charge in [-0.2, -0.15) is 0 Å². The molecule has 0 spiro atoms. The van der Waals surface area contributed by atoms with Gasteiger partial charge in [0.2, 0.25) is 0 Å². The van der Waals surface area contributed by atoms with Crippen molar-refractivity contribution >= 4 is 12.0 Å². The van der Waals surface area contributed by atoms with Crippen molar-refractivity contribution in [2.45, 2.75) is 25.4 Å². The molecule has 0 aromatic heterocycles. The zero-order valence-electron chi connectivity index (χ0n) is 12.7. The highest BCUT2D eigenvalue weighted by Crippen LogP contribution is 2.03. The number of carboxylic acid groups (broad SMARTS) is 1. The highest BCUT2D eigenvalue weighted by molar-refractivity contribution is 5.82. The third-order valence-corrected chi connectivity index (χ3v) is 2.90. The number of amides is 2. The van der Waals surface area contributed by atoms with Gasteiger partial charge in [0, 0.05) is 19.0 Å². The van der Waals surface area contributed by atoms with Crippen molar-refractivity contribution in [2.24, 2.45) is 0 Å². The van der Waals surface area contributed by atoms with E-state index >= 15 is 0 Å². The van der Waals surface area contributed by atoms with Crippen LogP contribution in [0, 0.1) is 0 Å². The van der Waals surface area contributed by atoms with Gasteiger partial charge >= 0.3 is 12.0 Å². The predicted molar refractivity (Wildman–Crippen MR) is 81.3 cm³/mol. The quantitative estimate of drug-likeness (QED) is 0.698. The van der Waals surface area contributed by atoms with Crippen LogP contribution in [-0.4, -0.2) is 54.7 Å². The molecule has 0 aliphatic carbocycles. The Morgan fingerprint density at radius 1 is 1.19 bits per heavy atom. The van der Waals surface area contributed by atoms with E-state index in [1.807, 2.05) is 56.3 Å². The second kappa shape index (κ2) is 8.26. The second-order valence-electron chi connectivity index (χ2n) is 5.36. The van der Waals surface area contributed by atoms with Gasteiger partial charge in [0.1, 0.15) is 6.04 Å². The lowest BCUT2D eigenvalue weighted by Gasteiger charge is -2.20. The Hall–Kier alpha value is -2.08. The largest absolute Gasteiger partial charge is 0.480 e. The first-order valence-corrected chi connectivity index (χ1v) is 6.87. The summed E-state index contributed by atoms with van der Waals surface area (Å²) in [5.74, 6) is -1.05. The molecular weight excluding hydrogens is 270 g/mol. The predicted octanol–water partition coefficient (Wildman–Crippen LogP) is 0.932. The maximum atomic E-state index is 11.8. The summed E-state index contributed by atoms with van der Waals surface area (Å²) < 4.78 is 0. The van der Waals surface area contributed by atoms with Crippen molar-refractivity contribution in [3.63, 3.8) is 0 Å². The van der Waals surface area contributed by atoms with Gasteiger partial charge in [-0.1, -0.05) is 30.3 Å². The topological polar surface area (TPSA) is 81.7 Å². The molecule has 0 aliphatic rings. The third kappa shape index (κ3) is 6.76. The fourth-order valence-electron chi connectivity index (χ4n) is 2.07. The molecule has 2 atom stereocenters. The Morgan fingerprint density at radius 3 is 2.33 bits per heavy atom. The van der Waals surface area contributed by atoms with Crippen molar-refractivity contribution in [1.82, 2.24) is 15.5 Å². The highest BCUT2D eigenvalue weighted by Gasteiger charge is 2.21. The lowest BCUT2D eigenvalue weighted by molar-refractivity contribution is -0.139. The zero-order chi connectivity index (χ0) is 15.8. The van der Waals surface area contributed by atoms with Crippen LogP contribution in [0.25, 0.3) is 0 Å². The summed E-state index contributed by atoms with van der Waals surface area (Å²) in [6.07, 6.45) is 0.256. The van der Waals surface area contributed by atoms with Crippen LogP contribution in [0.4, 0.5) is 4.79 Å². The number of urea groups is 1. The Balaban J connectivity index is 2.54. The zero-order valence-corrected chi connectivity index (χ0v) is 12.7. The smallest absolute Gasteiger partial charge is 0.326 e. The summed E-state index contributed by atoms with van der Waals surface area (Å²) in [5.41, 5.74) is 0.867. The van der Waals surface area contributed by atoms with E-state index in [0.717, 1.165) is 5.56 Å². The van der Waals surface area contributed by atoms with Crippen LogP contribution >= 0.6 is 0 Å². The summed E-state index contributed by atoms with van der Waals surface area (Å²) in [5, 5.41) is 14.4. The average Bonchev–Trinajstić information content (AvgIpc) is 2.37. The van der Waals surface area contributed by atoms with E-state index in [1.165, 1.54) is 0 Å². The van der Waals surface area contributed by atoms with Gasteiger partial charge in [0.05, 0.1) is 0 Å². The SMILES string of the molecule is CC(CN(C)C)NC(=O)N[C@H](Cc1ccccc1)C(=O)O. The van der Waals surface area contributed by atoms with E-state index in [9.17, 15) is 14.7 Å². The van der Waals surface area contributed by atoms with Crippen LogP contribution in [0.5, 0.6) is 0 Å². The minimum atomic E-state index is -1.05. The van der Waals surface area contributed by atoms with Gasteiger partial charge in [0.15, 0.2) is 0 Å². The monoisotopic (exact) mass is 293 g/mol. The maximum absolute atomic E-state index is 11.8. The number of likely N-dealkylation sites (N-methyl/N-ethyl adjacent to an activating group) is 1. The molecule has 0 bridgehead atoms. The van der Waals surface area contributed by atoms with Crippen LogP contribution in [0.2, 0.25) is 0 Å². The molecule has 2 amide bonds. The van der Waals surface area contributed by atoms with Gasteiger partial charge < -0.3 is 20.6 Å². The van der Waals surface area contributed by atoms with Crippen LogP contribution in [0.15, 0.2) is 30.3 Å². The maximum Gasteiger partial charge on any atom is 0.326 e. The number of carboxylic acids is 1. The van der Waals surface area contributed by atoms with E-state index in [4.69, 9.17) is 0 Å². The standard InChI is InChI=1S/C15H23N3O3/c1-11(10-18(2)3)16-15(21)17-13(14(19)20)9-12-7-5-4-6-8-12/h4-8,11,13H,9-10H2,1-3H3,(H,19,20)(H2,16,17,21)/t11?,13-/m1/s1. The van der Waals surface area contributed by atoms with Crippen molar-refractivity contribution in [3.05, 3.63) is 35.9 Å². The number of aliphatic carboxylic acids is 1. The molecule has 1 unspecified atom stereocenters. The summed E-state index contributed by atoms with van der Waals surface area (Å²) in [4.78, 5) is 25.0. The number of nitrogens with zero attached hydrogens (tertiary/aromatic N) is 1. The molecule has 21 heavy (non-hydrogen) atoms. The first kappa shape index (κ1) is 17.0. The molecule has 0 saturated carbocycles. The molecule has 0 radical (unpaired) electrons. The van der Waals surface area contributed by atoms with Gasteiger partial charge in [-0.05, 0) is 26.6 Å². The first-order valence-electron chi connectivity index (χ1n) is 6.87. The van der Waals surface area contributed by atoms with Crippen molar-refractivity contribution in [3.8, 4) is 0 Å². The molecule has 0 aliphatic heterocycles. The molecule has 0 fully saturated rings. The Bertz CT molecular complexity index is 462. The summed E-state index contributed by atoms with van der Waals surface area (Å²) in [7, 11) is 3.82. The molecule has 1 rings (SSSR count). The van der Waals surface area contributed by atoms with Crippen LogP contribution in [0.1, 0.15) is 12.5 Å². The molecule has 0 saturated heterocycles. The number of hydrogen-bond donors (Lipinski definition) is 3. The average molecular weight is 293 g/mol. The molecule has 6 heteroatoms. The Labute approximate surface area is 125 Å². The number of rotatable bonds is 7. The normalized spacial score (nSPS) is 13.5. The van der Waals surface area contributed by atoms with Gasteiger partial charge in [-0.3, -0.25) is 0 Å². The molecule has 1 aromatic rings. The Kier molecular flexibility index (Phi) is 6.68. The summed E-state index contributed by atoms with van der Waals surface area (Å²) >= 11 is 0. The van der Waals surface area contributed by atoms with Gasteiger partial charge in [-0.15, -0.1) is 0 Å². The van der Waals surface area contributed by atoms with E-state index in [1.54, 1.807) is 0 Å². The van der Waals surface area contributed by atoms with E-state index in [2.05, 4.69) is 10.6 Å². The first-order chi connectivity index (χ1) is 9.88. The van der Waals surface area contributed by atoms with Crippen molar-refractivity contribution < 1.29 is 14.7 Å². The summed E-state index contributed by atoms with van der Waals surface area (Å²) in [6.45, 7) is 2.55. The number of carbonyl (C=O) groups excluding carboxylic acids is 1. The van der Waals surface area contributed by atoms with E-state index in [-0.39, 0.29) is 12.5 Å². The molecule has 116 valence electrons. The Morgan fingerprint density at radius 2 is 1.81 bits per heavy atom. The highest BCUT2D eigenvalue weighted by atomic mass is 16.4. The molecule has 6 nitrogen and oxygen atoms in total. The van der Waals surface area contributed by atoms with Crippen LogP contribution < -0.4 is 10.6 Å². The summed E-state index contributed by atoms with van der Waals surface area (Å²) in [6, 6.07) is 7.75.